The highest BCUT2D eigenvalue weighted by Gasteiger charge is 2.29. The van der Waals surface area contributed by atoms with Crippen molar-refractivity contribution in [1.29, 1.82) is 0 Å². The molecule has 1 aliphatic heterocycles. The van der Waals surface area contributed by atoms with Crippen molar-refractivity contribution >= 4 is 43.0 Å². The van der Waals surface area contributed by atoms with Crippen molar-refractivity contribution in [3.63, 3.8) is 0 Å². The second-order valence-electron chi connectivity index (χ2n) is 5.44. The van der Waals surface area contributed by atoms with Crippen LogP contribution in [-0.2, 0) is 14.6 Å². The molecular weight excluding hydrogens is 308 g/mol. The quantitative estimate of drug-likeness (QED) is 0.940. The van der Waals surface area contributed by atoms with Gasteiger partial charge in [0.15, 0.2) is 9.84 Å². The minimum atomic E-state index is -2.93. The Morgan fingerprint density at radius 3 is 3.00 bits per heavy atom. The van der Waals surface area contributed by atoms with Crippen molar-refractivity contribution < 1.29 is 13.2 Å². The highest BCUT2D eigenvalue weighted by molar-refractivity contribution is 7.91. The molecule has 112 valence electrons. The van der Waals surface area contributed by atoms with E-state index in [1.165, 1.54) is 0 Å². The Hall–Kier alpha value is -1.47. The molecule has 1 aromatic carbocycles. The van der Waals surface area contributed by atoms with Crippen molar-refractivity contribution in [3.8, 4) is 0 Å². The van der Waals surface area contributed by atoms with Gasteiger partial charge in [-0.15, -0.1) is 11.3 Å². The van der Waals surface area contributed by atoms with Crippen LogP contribution in [0, 0.1) is 12.8 Å². The van der Waals surface area contributed by atoms with Crippen LogP contribution in [0.25, 0.3) is 10.2 Å². The first-order valence-corrected chi connectivity index (χ1v) is 9.42. The number of fused-ring (bicyclic) bond motifs is 1. The van der Waals surface area contributed by atoms with E-state index in [1.807, 2.05) is 25.1 Å². The zero-order valence-electron chi connectivity index (χ0n) is 11.6. The first-order chi connectivity index (χ1) is 9.91. The molecule has 21 heavy (non-hydrogen) atoms. The minimum Gasteiger partial charge on any atom is -0.326 e. The summed E-state index contributed by atoms with van der Waals surface area (Å²) in [6.45, 7) is 1.95. The number of nitrogens with one attached hydrogen (secondary N) is 1. The third-order valence-corrected chi connectivity index (χ3v) is 6.35. The van der Waals surface area contributed by atoms with Crippen LogP contribution in [0.5, 0.6) is 0 Å². The number of amides is 1. The lowest BCUT2D eigenvalue weighted by molar-refractivity contribution is -0.116. The fourth-order valence-electron chi connectivity index (χ4n) is 2.62. The number of rotatable bonds is 3. The number of aromatic nitrogens is 1. The van der Waals surface area contributed by atoms with E-state index in [2.05, 4.69) is 10.3 Å². The largest absolute Gasteiger partial charge is 0.326 e. The molecule has 0 aliphatic carbocycles. The van der Waals surface area contributed by atoms with Gasteiger partial charge >= 0.3 is 0 Å². The smallest absolute Gasteiger partial charge is 0.224 e. The first-order valence-electron chi connectivity index (χ1n) is 6.79. The van der Waals surface area contributed by atoms with E-state index in [0.717, 1.165) is 20.9 Å². The number of hydrogen-bond donors (Lipinski definition) is 1. The Labute approximate surface area is 127 Å². The van der Waals surface area contributed by atoms with Gasteiger partial charge < -0.3 is 5.32 Å². The van der Waals surface area contributed by atoms with Crippen LogP contribution in [0.1, 0.15) is 17.8 Å². The third kappa shape index (κ3) is 3.41. The molecule has 0 unspecified atom stereocenters. The number of carbonyl (C=O) groups is 1. The molecule has 0 bridgehead atoms. The lowest BCUT2D eigenvalue weighted by Crippen LogP contribution is -2.17. The maximum atomic E-state index is 12.0. The molecule has 1 aromatic heterocycles. The molecule has 1 fully saturated rings. The highest BCUT2D eigenvalue weighted by Crippen LogP contribution is 2.26. The lowest BCUT2D eigenvalue weighted by Gasteiger charge is -2.08. The van der Waals surface area contributed by atoms with E-state index < -0.39 is 9.84 Å². The first kappa shape index (κ1) is 14.5. The number of nitrogens with zero attached hydrogens (tertiary/aromatic N) is 1. The molecule has 0 spiro atoms. The van der Waals surface area contributed by atoms with Gasteiger partial charge in [0.2, 0.25) is 5.91 Å². The molecule has 3 rings (SSSR count). The Balaban J connectivity index is 1.66. The van der Waals surface area contributed by atoms with Gasteiger partial charge in [-0.1, -0.05) is 0 Å². The second-order valence-corrected chi connectivity index (χ2v) is 8.90. The molecule has 0 radical (unpaired) electrons. The summed E-state index contributed by atoms with van der Waals surface area (Å²) in [6.07, 6.45) is 0.849. The molecular formula is C14H16N2O3S2. The molecule has 1 atom stereocenters. The Bertz CT molecular complexity index is 796. The van der Waals surface area contributed by atoms with E-state index in [1.54, 1.807) is 11.3 Å². The van der Waals surface area contributed by atoms with Crippen LogP contribution in [0.2, 0.25) is 0 Å². The summed E-state index contributed by atoms with van der Waals surface area (Å²) in [5.41, 5.74) is 1.66. The molecule has 1 aliphatic rings. The second kappa shape index (κ2) is 5.38. The average Bonchev–Trinajstić information content (AvgIpc) is 2.90. The molecule has 1 N–H and O–H groups in total. The van der Waals surface area contributed by atoms with Crippen LogP contribution >= 0.6 is 11.3 Å². The predicted molar refractivity (Wildman–Crippen MR) is 84.4 cm³/mol. The van der Waals surface area contributed by atoms with Crippen LogP contribution in [0.4, 0.5) is 5.69 Å². The third-order valence-electron chi connectivity index (χ3n) is 3.58. The van der Waals surface area contributed by atoms with E-state index >= 15 is 0 Å². The van der Waals surface area contributed by atoms with Crippen molar-refractivity contribution in [2.24, 2.45) is 5.92 Å². The van der Waals surface area contributed by atoms with Crippen LogP contribution in [0.15, 0.2) is 18.2 Å². The van der Waals surface area contributed by atoms with Gasteiger partial charge in [0.25, 0.3) is 0 Å². The van der Waals surface area contributed by atoms with Gasteiger partial charge in [-0.05, 0) is 37.5 Å². The highest BCUT2D eigenvalue weighted by atomic mass is 32.2. The summed E-state index contributed by atoms with van der Waals surface area (Å²) in [5.74, 6) is 0.159. The topological polar surface area (TPSA) is 76.1 Å². The number of benzene rings is 1. The summed E-state index contributed by atoms with van der Waals surface area (Å²) < 4.78 is 23.8. The van der Waals surface area contributed by atoms with Crippen LogP contribution in [0.3, 0.4) is 0 Å². The number of thiazole rings is 1. The number of hydrogen-bond acceptors (Lipinski definition) is 5. The fraction of sp³-hybridized carbons (Fsp3) is 0.429. The maximum Gasteiger partial charge on any atom is 0.224 e. The number of anilines is 1. The Morgan fingerprint density at radius 2 is 2.29 bits per heavy atom. The summed E-state index contributed by atoms with van der Waals surface area (Å²) in [4.78, 5) is 16.4. The molecule has 1 amide bonds. The van der Waals surface area contributed by atoms with Crippen molar-refractivity contribution in [2.45, 2.75) is 19.8 Å². The van der Waals surface area contributed by atoms with Crippen molar-refractivity contribution in [1.82, 2.24) is 4.98 Å². The van der Waals surface area contributed by atoms with E-state index in [0.29, 0.717) is 6.42 Å². The van der Waals surface area contributed by atoms with Gasteiger partial charge in [-0.2, -0.15) is 0 Å². The lowest BCUT2D eigenvalue weighted by atomic mass is 10.1. The van der Waals surface area contributed by atoms with Gasteiger partial charge in [0, 0.05) is 12.1 Å². The Morgan fingerprint density at radius 1 is 1.48 bits per heavy atom. The number of carbonyl (C=O) groups excluding carboxylic acids is 1. The molecule has 0 saturated carbocycles. The van der Waals surface area contributed by atoms with Crippen molar-refractivity contribution in [3.05, 3.63) is 23.2 Å². The minimum absolute atomic E-state index is 0.0515. The predicted octanol–water partition coefficient (Wildman–Crippen LogP) is 2.37. The average molecular weight is 324 g/mol. The van der Waals surface area contributed by atoms with E-state index in [9.17, 15) is 13.2 Å². The van der Waals surface area contributed by atoms with Gasteiger partial charge in [-0.3, -0.25) is 4.79 Å². The van der Waals surface area contributed by atoms with Crippen LogP contribution < -0.4 is 5.32 Å². The Kier molecular flexibility index (Phi) is 3.71. The molecule has 7 heteroatoms. The van der Waals surface area contributed by atoms with Gasteiger partial charge in [0.1, 0.15) is 0 Å². The standard InChI is InChI=1S/C14H16N2O3S2/c1-9-15-12-3-2-11(7-13(12)20-9)16-14(17)6-10-4-5-21(18,19)8-10/h2-3,7,10H,4-6,8H2,1H3,(H,16,17)/t10-/m1/s1. The fourth-order valence-corrected chi connectivity index (χ4v) is 5.35. The van der Waals surface area contributed by atoms with Gasteiger partial charge in [-0.25, -0.2) is 13.4 Å². The monoisotopic (exact) mass is 324 g/mol. The summed E-state index contributed by atoms with van der Waals surface area (Å²) >= 11 is 1.58. The zero-order chi connectivity index (χ0) is 15.0. The summed E-state index contributed by atoms with van der Waals surface area (Å²) in [5, 5.41) is 3.83. The zero-order valence-corrected chi connectivity index (χ0v) is 13.3. The number of sulfone groups is 1. The maximum absolute atomic E-state index is 12.0. The van der Waals surface area contributed by atoms with Crippen LogP contribution in [-0.4, -0.2) is 30.8 Å². The SMILES string of the molecule is Cc1nc2ccc(NC(=O)C[C@H]3CCS(=O)(=O)C3)cc2s1. The molecule has 2 aromatic rings. The normalized spacial score (nSPS) is 20.7. The summed E-state index contributed by atoms with van der Waals surface area (Å²) in [6, 6.07) is 5.61. The van der Waals surface area contributed by atoms with Gasteiger partial charge in [0.05, 0.1) is 26.7 Å². The number of aryl methyl sites for hydroxylation is 1. The summed E-state index contributed by atoms with van der Waals surface area (Å²) in [7, 11) is -2.93. The van der Waals surface area contributed by atoms with Crippen molar-refractivity contribution in [2.75, 3.05) is 16.8 Å². The van der Waals surface area contributed by atoms with E-state index in [-0.39, 0.29) is 29.8 Å². The molecule has 2 heterocycles. The van der Waals surface area contributed by atoms with E-state index in [4.69, 9.17) is 0 Å². The molecule has 5 nitrogen and oxygen atoms in total. The molecule has 1 saturated heterocycles.